The summed E-state index contributed by atoms with van der Waals surface area (Å²) in [4.78, 5) is 25.5. The zero-order chi connectivity index (χ0) is 23.8. The lowest BCUT2D eigenvalue weighted by atomic mass is 10.1. The Morgan fingerprint density at radius 1 is 0.818 bits per heavy atom. The van der Waals surface area contributed by atoms with E-state index in [-0.39, 0.29) is 22.4 Å². The van der Waals surface area contributed by atoms with Gasteiger partial charge >= 0.3 is 0 Å². The molecule has 0 saturated heterocycles. The van der Waals surface area contributed by atoms with Crippen LogP contribution in [0.2, 0.25) is 0 Å². The topological polar surface area (TPSA) is 104 Å². The van der Waals surface area contributed by atoms with E-state index in [9.17, 15) is 18.0 Å². The molecule has 0 aliphatic rings. The average molecular weight is 466 g/mol. The van der Waals surface area contributed by atoms with E-state index in [4.69, 9.17) is 0 Å². The van der Waals surface area contributed by atoms with E-state index in [2.05, 4.69) is 15.4 Å². The second-order valence-corrected chi connectivity index (χ2v) is 9.51. The number of nitrogens with one attached hydrogen (secondary N) is 3. The van der Waals surface area contributed by atoms with Crippen molar-refractivity contribution in [3.05, 3.63) is 95.6 Å². The van der Waals surface area contributed by atoms with Crippen molar-refractivity contribution in [2.45, 2.75) is 31.2 Å². The average Bonchev–Trinajstić information content (AvgIpc) is 2.79. The van der Waals surface area contributed by atoms with Crippen LogP contribution in [-0.2, 0) is 16.4 Å². The summed E-state index contributed by atoms with van der Waals surface area (Å²) in [5.41, 5.74) is 2.11. The number of rotatable bonds is 9. The zero-order valence-corrected chi connectivity index (χ0v) is 19.4. The lowest BCUT2D eigenvalue weighted by molar-refractivity contribution is 0.0955. The summed E-state index contributed by atoms with van der Waals surface area (Å²) in [6, 6.07) is 22.0. The van der Waals surface area contributed by atoms with E-state index in [1.165, 1.54) is 24.3 Å². The molecular weight excluding hydrogens is 438 g/mol. The fourth-order valence-corrected chi connectivity index (χ4v) is 4.46. The maximum Gasteiger partial charge on any atom is 0.255 e. The Labute approximate surface area is 194 Å². The molecule has 3 aromatic rings. The van der Waals surface area contributed by atoms with Crippen LogP contribution >= 0.6 is 0 Å². The smallest absolute Gasteiger partial charge is 0.255 e. The number of hydrogen-bond acceptors (Lipinski definition) is 4. The van der Waals surface area contributed by atoms with Crippen molar-refractivity contribution < 1.29 is 18.0 Å². The monoisotopic (exact) mass is 465 g/mol. The highest BCUT2D eigenvalue weighted by Gasteiger charge is 2.17. The van der Waals surface area contributed by atoms with Gasteiger partial charge in [0, 0.05) is 18.2 Å². The van der Waals surface area contributed by atoms with Crippen molar-refractivity contribution in [1.29, 1.82) is 0 Å². The van der Waals surface area contributed by atoms with E-state index in [0.717, 1.165) is 5.56 Å². The molecule has 0 atom stereocenters. The number of para-hydroxylation sites is 1. The third-order valence-electron chi connectivity index (χ3n) is 4.78. The number of hydrogen-bond donors (Lipinski definition) is 3. The molecule has 2 amide bonds. The predicted octanol–water partition coefficient (Wildman–Crippen LogP) is 3.60. The van der Waals surface area contributed by atoms with E-state index >= 15 is 0 Å². The van der Waals surface area contributed by atoms with Gasteiger partial charge in [0.1, 0.15) is 0 Å². The minimum atomic E-state index is -3.64. The molecular formula is C25H27N3O4S. The van der Waals surface area contributed by atoms with Crippen LogP contribution in [0.25, 0.3) is 0 Å². The number of anilines is 1. The molecule has 0 aromatic heterocycles. The molecule has 0 bridgehead atoms. The Bertz CT molecular complexity index is 1210. The first kappa shape index (κ1) is 24.2. The molecule has 0 heterocycles. The summed E-state index contributed by atoms with van der Waals surface area (Å²) in [5.74, 6) is -0.733. The lowest BCUT2D eigenvalue weighted by Crippen LogP contribution is -2.30. The Morgan fingerprint density at radius 3 is 2.12 bits per heavy atom. The zero-order valence-electron chi connectivity index (χ0n) is 18.5. The molecule has 0 aliphatic carbocycles. The van der Waals surface area contributed by atoms with Gasteiger partial charge < -0.3 is 10.6 Å². The van der Waals surface area contributed by atoms with Gasteiger partial charge in [0.05, 0.1) is 16.1 Å². The third kappa shape index (κ3) is 6.74. The molecule has 3 aromatic carbocycles. The fourth-order valence-electron chi connectivity index (χ4n) is 3.21. The molecule has 0 aliphatic heterocycles. The molecule has 3 rings (SSSR count). The summed E-state index contributed by atoms with van der Waals surface area (Å²) < 4.78 is 27.0. The Balaban J connectivity index is 1.66. The summed E-state index contributed by atoms with van der Waals surface area (Å²) in [6.07, 6.45) is 0.696. The summed E-state index contributed by atoms with van der Waals surface area (Å²) in [6.45, 7) is 3.93. The van der Waals surface area contributed by atoms with Crippen LogP contribution in [0.1, 0.15) is 40.1 Å². The molecule has 0 saturated carbocycles. The quantitative estimate of drug-likeness (QED) is 0.449. The molecule has 7 nitrogen and oxygen atoms in total. The Hall–Kier alpha value is -3.49. The predicted molar refractivity (Wildman–Crippen MR) is 129 cm³/mol. The van der Waals surface area contributed by atoms with Gasteiger partial charge in [0.15, 0.2) is 0 Å². The SMILES string of the molecule is CC(C)NS(=O)(=O)c1ccc(C(=O)Nc2ccccc2C(=O)NCCc2ccccc2)cc1. The van der Waals surface area contributed by atoms with Crippen LogP contribution in [0.4, 0.5) is 5.69 Å². The summed E-state index contributed by atoms with van der Waals surface area (Å²) in [5, 5.41) is 5.62. The second kappa shape index (κ2) is 10.9. The van der Waals surface area contributed by atoms with Crippen LogP contribution in [-0.4, -0.2) is 32.8 Å². The van der Waals surface area contributed by atoms with Crippen molar-refractivity contribution in [2.24, 2.45) is 0 Å². The van der Waals surface area contributed by atoms with E-state index in [1.807, 2.05) is 30.3 Å². The minimum Gasteiger partial charge on any atom is -0.352 e. The van der Waals surface area contributed by atoms with Crippen LogP contribution < -0.4 is 15.4 Å². The van der Waals surface area contributed by atoms with Gasteiger partial charge in [-0.3, -0.25) is 9.59 Å². The lowest BCUT2D eigenvalue weighted by Gasteiger charge is -2.12. The van der Waals surface area contributed by atoms with Crippen molar-refractivity contribution in [2.75, 3.05) is 11.9 Å². The van der Waals surface area contributed by atoms with Gasteiger partial charge in [-0.05, 0) is 62.2 Å². The highest BCUT2D eigenvalue weighted by molar-refractivity contribution is 7.89. The van der Waals surface area contributed by atoms with Crippen molar-refractivity contribution in [1.82, 2.24) is 10.0 Å². The molecule has 172 valence electrons. The molecule has 0 spiro atoms. The van der Waals surface area contributed by atoms with Crippen LogP contribution in [0.3, 0.4) is 0 Å². The highest BCUT2D eigenvalue weighted by atomic mass is 32.2. The number of carbonyl (C=O) groups is 2. The van der Waals surface area contributed by atoms with Gasteiger partial charge in [0.25, 0.3) is 11.8 Å². The number of sulfonamides is 1. The fraction of sp³-hybridized carbons (Fsp3) is 0.200. The van der Waals surface area contributed by atoms with Crippen LogP contribution in [0, 0.1) is 0 Å². The first-order valence-corrected chi connectivity index (χ1v) is 12.1. The molecule has 3 N–H and O–H groups in total. The maximum atomic E-state index is 12.7. The Morgan fingerprint density at radius 2 is 1.45 bits per heavy atom. The largest absolute Gasteiger partial charge is 0.352 e. The van der Waals surface area contributed by atoms with Crippen LogP contribution in [0.15, 0.2) is 83.8 Å². The van der Waals surface area contributed by atoms with Crippen molar-refractivity contribution >= 4 is 27.5 Å². The number of amides is 2. The second-order valence-electron chi connectivity index (χ2n) is 7.79. The molecule has 0 fully saturated rings. The molecule has 0 unspecified atom stereocenters. The Kier molecular flexibility index (Phi) is 7.97. The molecule has 8 heteroatoms. The third-order valence-corrected chi connectivity index (χ3v) is 6.45. The van der Waals surface area contributed by atoms with Crippen LogP contribution in [0.5, 0.6) is 0 Å². The van der Waals surface area contributed by atoms with Gasteiger partial charge in [-0.15, -0.1) is 0 Å². The van der Waals surface area contributed by atoms with E-state index in [1.54, 1.807) is 38.1 Å². The first-order valence-electron chi connectivity index (χ1n) is 10.6. The minimum absolute atomic E-state index is 0.0749. The summed E-state index contributed by atoms with van der Waals surface area (Å²) >= 11 is 0. The number of benzene rings is 3. The maximum absolute atomic E-state index is 12.7. The normalized spacial score (nSPS) is 11.2. The summed E-state index contributed by atoms with van der Waals surface area (Å²) in [7, 11) is -3.64. The van der Waals surface area contributed by atoms with Crippen molar-refractivity contribution in [3.63, 3.8) is 0 Å². The van der Waals surface area contributed by atoms with Gasteiger partial charge in [-0.2, -0.15) is 0 Å². The van der Waals surface area contributed by atoms with Gasteiger partial charge in [0.2, 0.25) is 10.0 Å². The van der Waals surface area contributed by atoms with E-state index < -0.39 is 15.9 Å². The van der Waals surface area contributed by atoms with Gasteiger partial charge in [-0.1, -0.05) is 42.5 Å². The highest BCUT2D eigenvalue weighted by Crippen LogP contribution is 2.17. The molecule has 33 heavy (non-hydrogen) atoms. The number of carbonyl (C=O) groups excluding carboxylic acids is 2. The first-order chi connectivity index (χ1) is 15.8. The van der Waals surface area contributed by atoms with E-state index in [0.29, 0.717) is 24.2 Å². The molecule has 0 radical (unpaired) electrons. The van der Waals surface area contributed by atoms with Gasteiger partial charge in [-0.25, -0.2) is 13.1 Å². The standard InChI is InChI=1S/C25H27N3O4S/c1-18(2)28-33(31,32)21-14-12-20(13-15-21)24(29)27-23-11-7-6-10-22(23)25(30)26-17-16-19-8-4-3-5-9-19/h3-15,18,28H,16-17H2,1-2H3,(H,26,30)(H,27,29). The van der Waals surface area contributed by atoms with Crippen molar-refractivity contribution in [3.8, 4) is 0 Å².